The fourth-order valence-corrected chi connectivity index (χ4v) is 8.06. The highest BCUT2D eigenvalue weighted by Crippen LogP contribution is 2.16. The molecule has 0 aliphatic rings. The summed E-state index contributed by atoms with van der Waals surface area (Å²) in [6.07, 6.45) is 74.4. The van der Waals surface area contributed by atoms with Gasteiger partial charge in [-0.05, 0) is 83.5 Å². The highest BCUT2D eigenvalue weighted by molar-refractivity contribution is 5.71. The molecule has 0 spiro atoms. The Morgan fingerprint density at radius 3 is 1.01 bits per heavy atom. The van der Waals surface area contributed by atoms with Crippen LogP contribution in [0.1, 0.15) is 278 Å². The smallest absolute Gasteiger partial charge is 0.306 e. The Morgan fingerprint density at radius 2 is 0.623 bits per heavy atom. The highest BCUT2D eigenvalue weighted by atomic mass is 16.6. The molecule has 1 atom stereocenters. The molecule has 0 saturated heterocycles. The standard InChI is InChI=1S/C63H108O6/c1-4-7-10-13-16-19-22-25-28-31-33-35-38-41-44-47-50-53-56-62(65)68-59-60(58-67-61(64)55-52-49-46-43-40-37-34-30-27-24-21-18-15-12-9-6-3)69-63(66)57-54-51-48-45-42-39-36-32-29-26-23-20-17-14-11-8-5-2/h8,11,17,20,26,29-30,34,36-37,39-40,45,48,60H,4-7,9-10,12-16,18-19,21-25,27-28,31-33,35,38,41-44,46-47,49-59H2,1-3H3/b11-8-,20-17-,29-26-,34-30-,39-36-,40-37-,48-45-. The monoisotopic (exact) mass is 961 g/mol. The van der Waals surface area contributed by atoms with Gasteiger partial charge >= 0.3 is 17.9 Å². The van der Waals surface area contributed by atoms with Gasteiger partial charge in [-0.2, -0.15) is 0 Å². The summed E-state index contributed by atoms with van der Waals surface area (Å²) in [6.45, 7) is 6.47. The lowest BCUT2D eigenvalue weighted by atomic mass is 10.0. The number of allylic oxidation sites excluding steroid dienone is 14. The molecule has 0 saturated carbocycles. The average Bonchev–Trinajstić information content (AvgIpc) is 3.35. The van der Waals surface area contributed by atoms with Crippen LogP contribution in [0, 0.1) is 0 Å². The molecule has 0 aliphatic heterocycles. The maximum absolute atomic E-state index is 12.8. The van der Waals surface area contributed by atoms with Crippen molar-refractivity contribution in [1.29, 1.82) is 0 Å². The molecule has 396 valence electrons. The number of esters is 3. The zero-order chi connectivity index (χ0) is 50.0. The van der Waals surface area contributed by atoms with E-state index in [4.69, 9.17) is 14.2 Å². The molecule has 0 aromatic heterocycles. The Morgan fingerprint density at radius 1 is 0.319 bits per heavy atom. The first-order chi connectivity index (χ1) is 34.0. The van der Waals surface area contributed by atoms with Gasteiger partial charge < -0.3 is 14.2 Å². The van der Waals surface area contributed by atoms with E-state index < -0.39 is 6.10 Å². The van der Waals surface area contributed by atoms with Crippen LogP contribution in [0.25, 0.3) is 0 Å². The number of carbonyl (C=O) groups is 3. The third-order valence-corrected chi connectivity index (χ3v) is 12.4. The molecule has 6 nitrogen and oxygen atoms in total. The van der Waals surface area contributed by atoms with Crippen LogP contribution in [0.3, 0.4) is 0 Å². The minimum absolute atomic E-state index is 0.106. The van der Waals surface area contributed by atoms with Crippen molar-refractivity contribution in [2.75, 3.05) is 13.2 Å². The predicted octanol–water partition coefficient (Wildman–Crippen LogP) is 19.5. The minimum Gasteiger partial charge on any atom is -0.462 e. The van der Waals surface area contributed by atoms with E-state index in [1.807, 2.05) is 0 Å². The average molecular weight is 962 g/mol. The lowest BCUT2D eigenvalue weighted by Crippen LogP contribution is -2.30. The maximum atomic E-state index is 12.8. The van der Waals surface area contributed by atoms with E-state index in [-0.39, 0.29) is 37.5 Å². The summed E-state index contributed by atoms with van der Waals surface area (Å²) in [5.74, 6) is -0.984. The first-order valence-corrected chi connectivity index (χ1v) is 29.1. The molecule has 0 N–H and O–H groups in total. The van der Waals surface area contributed by atoms with Crippen molar-refractivity contribution >= 4 is 17.9 Å². The topological polar surface area (TPSA) is 78.9 Å². The van der Waals surface area contributed by atoms with Crippen molar-refractivity contribution in [2.24, 2.45) is 0 Å². The van der Waals surface area contributed by atoms with Crippen LogP contribution in [0.15, 0.2) is 85.1 Å². The normalized spacial score (nSPS) is 12.7. The summed E-state index contributed by atoms with van der Waals surface area (Å²) >= 11 is 0. The van der Waals surface area contributed by atoms with Gasteiger partial charge in [-0.15, -0.1) is 0 Å². The molecule has 0 radical (unpaired) electrons. The number of unbranched alkanes of at least 4 members (excludes halogenated alkanes) is 28. The Labute approximate surface area is 426 Å². The summed E-state index contributed by atoms with van der Waals surface area (Å²) in [6, 6.07) is 0. The quantitative estimate of drug-likeness (QED) is 0.0199. The second-order valence-electron chi connectivity index (χ2n) is 19.2. The summed E-state index contributed by atoms with van der Waals surface area (Å²) in [7, 11) is 0. The third kappa shape index (κ3) is 55.4. The van der Waals surface area contributed by atoms with Crippen LogP contribution in [0.4, 0.5) is 0 Å². The van der Waals surface area contributed by atoms with Crippen molar-refractivity contribution in [1.82, 2.24) is 0 Å². The molecule has 69 heavy (non-hydrogen) atoms. The van der Waals surface area contributed by atoms with Gasteiger partial charge in [0.05, 0.1) is 0 Å². The molecule has 0 amide bonds. The van der Waals surface area contributed by atoms with Gasteiger partial charge in [0, 0.05) is 19.3 Å². The summed E-state index contributed by atoms with van der Waals surface area (Å²) in [5, 5.41) is 0. The summed E-state index contributed by atoms with van der Waals surface area (Å²) < 4.78 is 16.8. The fraction of sp³-hybridized carbons (Fsp3) is 0.730. The SMILES string of the molecule is CC/C=C\C/C=C\C/C=C\C/C=C\C/C=C\CCCC(=O)OC(COC(=O)CCCCC/C=C\C=C/CCCCCCCCC)COC(=O)CCCCCCCCCCCCCCCCCCCC. The lowest BCUT2D eigenvalue weighted by Gasteiger charge is -2.18. The van der Waals surface area contributed by atoms with E-state index in [0.717, 1.165) is 89.9 Å². The van der Waals surface area contributed by atoms with E-state index in [1.54, 1.807) is 0 Å². The van der Waals surface area contributed by atoms with Gasteiger partial charge in [0.2, 0.25) is 0 Å². The van der Waals surface area contributed by atoms with Gasteiger partial charge in [0.15, 0.2) is 6.10 Å². The molecule has 0 aromatic carbocycles. The zero-order valence-electron chi connectivity index (χ0n) is 45.3. The number of carbonyl (C=O) groups excluding carboxylic acids is 3. The van der Waals surface area contributed by atoms with E-state index in [2.05, 4.69) is 106 Å². The summed E-state index contributed by atoms with van der Waals surface area (Å²) in [5.41, 5.74) is 0. The van der Waals surface area contributed by atoms with Crippen LogP contribution >= 0.6 is 0 Å². The molecule has 1 unspecified atom stereocenters. The van der Waals surface area contributed by atoms with Crippen molar-refractivity contribution in [3.05, 3.63) is 85.1 Å². The fourth-order valence-electron chi connectivity index (χ4n) is 8.06. The minimum atomic E-state index is -0.816. The summed E-state index contributed by atoms with van der Waals surface area (Å²) in [4.78, 5) is 38.1. The van der Waals surface area contributed by atoms with Gasteiger partial charge in [0.25, 0.3) is 0 Å². The lowest BCUT2D eigenvalue weighted by molar-refractivity contribution is -0.167. The van der Waals surface area contributed by atoms with Crippen molar-refractivity contribution in [3.8, 4) is 0 Å². The molecule has 0 fully saturated rings. The number of ether oxygens (including phenoxy) is 3. The Bertz CT molecular complexity index is 1330. The van der Waals surface area contributed by atoms with E-state index >= 15 is 0 Å². The van der Waals surface area contributed by atoms with E-state index in [1.165, 1.54) is 141 Å². The van der Waals surface area contributed by atoms with E-state index in [0.29, 0.717) is 19.3 Å². The van der Waals surface area contributed by atoms with Gasteiger partial charge in [0.1, 0.15) is 13.2 Å². The van der Waals surface area contributed by atoms with Gasteiger partial charge in [-0.25, -0.2) is 0 Å². The van der Waals surface area contributed by atoms with Crippen molar-refractivity contribution in [3.63, 3.8) is 0 Å². The Hall–Kier alpha value is -3.41. The van der Waals surface area contributed by atoms with Gasteiger partial charge in [-0.3, -0.25) is 14.4 Å². The Kier molecular flexibility index (Phi) is 54.3. The number of hydrogen-bond donors (Lipinski definition) is 0. The molecule has 0 heterocycles. The first-order valence-electron chi connectivity index (χ1n) is 29.1. The Balaban J connectivity index is 4.49. The third-order valence-electron chi connectivity index (χ3n) is 12.4. The van der Waals surface area contributed by atoms with Crippen LogP contribution < -0.4 is 0 Å². The van der Waals surface area contributed by atoms with Crippen LogP contribution in [0.5, 0.6) is 0 Å². The molecule has 0 rings (SSSR count). The first kappa shape index (κ1) is 65.6. The molecular weight excluding hydrogens is 853 g/mol. The van der Waals surface area contributed by atoms with Crippen LogP contribution in [-0.4, -0.2) is 37.2 Å². The van der Waals surface area contributed by atoms with Crippen LogP contribution in [0.2, 0.25) is 0 Å². The second-order valence-corrected chi connectivity index (χ2v) is 19.2. The predicted molar refractivity (Wildman–Crippen MR) is 297 cm³/mol. The van der Waals surface area contributed by atoms with Crippen molar-refractivity contribution in [2.45, 2.75) is 284 Å². The maximum Gasteiger partial charge on any atom is 0.306 e. The molecule has 0 aliphatic carbocycles. The number of hydrogen-bond acceptors (Lipinski definition) is 6. The molecular formula is C63H108O6. The largest absolute Gasteiger partial charge is 0.462 e. The highest BCUT2D eigenvalue weighted by Gasteiger charge is 2.19. The van der Waals surface area contributed by atoms with Crippen molar-refractivity contribution < 1.29 is 28.6 Å². The zero-order valence-corrected chi connectivity index (χ0v) is 45.3. The van der Waals surface area contributed by atoms with Crippen LogP contribution in [-0.2, 0) is 28.6 Å². The number of rotatable bonds is 52. The van der Waals surface area contributed by atoms with E-state index in [9.17, 15) is 14.4 Å². The molecule has 0 aromatic rings. The van der Waals surface area contributed by atoms with Gasteiger partial charge in [-0.1, -0.05) is 260 Å². The molecule has 0 bridgehead atoms. The second kappa shape index (κ2) is 57.2. The molecule has 6 heteroatoms.